The summed E-state index contributed by atoms with van der Waals surface area (Å²) in [7, 11) is 0. The van der Waals surface area contributed by atoms with Crippen LogP contribution in [0.3, 0.4) is 0 Å². The number of nitrogens with one attached hydrogen (secondary N) is 1. The maximum absolute atomic E-state index is 10.6. The Morgan fingerprint density at radius 1 is 1.53 bits per heavy atom. The highest BCUT2D eigenvalue weighted by molar-refractivity contribution is 5.79. The van der Waals surface area contributed by atoms with Crippen molar-refractivity contribution in [2.75, 3.05) is 11.9 Å². The average molecular weight is 205 g/mol. The van der Waals surface area contributed by atoms with Crippen LogP contribution in [0, 0.1) is 25.2 Å². The molecule has 0 fully saturated rings. The molecule has 78 valence electrons. The van der Waals surface area contributed by atoms with E-state index in [1.807, 2.05) is 6.07 Å². The Hall–Kier alpha value is -2.16. The van der Waals surface area contributed by atoms with Gasteiger partial charge in [-0.3, -0.25) is 4.79 Å². The molecule has 3 N–H and O–H groups in total. The van der Waals surface area contributed by atoms with Crippen LogP contribution in [-0.4, -0.2) is 22.6 Å². The van der Waals surface area contributed by atoms with Crippen LogP contribution >= 0.6 is 0 Å². The molecule has 1 rings (SSSR count). The Bertz CT molecular complexity index is 435. The number of hydrogen-bond donors (Lipinski definition) is 2. The number of rotatable bonds is 3. The first-order valence-corrected chi connectivity index (χ1v) is 4.32. The molecule has 0 saturated carbocycles. The number of nitrogens with zero attached hydrogens (tertiary/aromatic N) is 3. The molecule has 6 nitrogen and oxygen atoms in total. The molecule has 1 heterocycles. The molecule has 6 heteroatoms. The molecule has 15 heavy (non-hydrogen) atoms. The van der Waals surface area contributed by atoms with Crippen LogP contribution in [0.15, 0.2) is 0 Å². The lowest BCUT2D eigenvalue weighted by molar-refractivity contribution is -0.116. The van der Waals surface area contributed by atoms with Gasteiger partial charge in [-0.05, 0) is 19.4 Å². The van der Waals surface area contributed by atoms with E-state index in [0.29, 0.717) is 17.1 Å². The van der Waals surface area contributed by atoms with Crippen molar-refractivity contribution < 1.29 is 4.79 Å². The van der Waals surface area contributed by atoms with Crippen LogP contribution in [0.2, 0.25) is 0 Å². The van der Waals surface area contributed by atoms with Gasteiger partial charge < -0.3 is 11.1 Å². The van der Waals surface area contributed by atoms with Gasteiger partial charge in [0.1, 0.15) is 11.6 Å². The molecule has 1 aromatic rings. The molecular formula is C9H11N5O. The quantitative estimate of drug-likeness (QED) is 0.714. The van der Waals surface area contributed by atoms with E-state index in [1.165, 1.54) is 0 Å². The average Bonchev–Trinajstić information content (AvgIpc) is 2.19. The molecule has 0 aliphatic rings. The third-order valence-corrected chi connectivity index (χ3v) is 2.00. The van der Waals surface area contributed by atoms with Gasteiger partial charge in [-0.25, -0.2) is 0 Å². The molecule has 0 aliphatic heterocycles. The SMILES string of the molecule is Cc1nnc(NCC(N)=O)c(C#N)c1C. The second-order valence-electron chi connectivity index (χ2n) is 3.07. The summed E-state index contributed by atoms with van der Waals surface area (Å²) in [5, 5.41) is 19.2. The number of carbonyl (C=O) groups excluding carboxylic acids is 1. The second-order valence-corrected chi connectivity index (χ2v) is 3.07. The zero-order valence-electron chi connectivity index (χ0n) is 8.53. The van der Waals surface area contributed by atoms with Crippen molar-refractivity contribution in [3.05, 3.63) is 16.8 Å². The molecule has 0 saturated heterocycles. The number of nitrogens with two attached hydrogens (primary N) is 1. The Kier molecular flexibility index (Phi) is 3.18. The maximum Gasteiger partial charge on any atom is 0.236 e. The highest BCUT2D eigenvalue weighted by Crippen LogP contribution is 2.16. The standard InChI is InChI=1S/C9H11N5O/c1-5-6(2)13-14-9(7(5)3-10)12-4-8(11)15/h4H2,1-2H3,(H2,11,15)(H,12,14). The third-order valence-electron chi connectivity index (χ3n) is 2.00. The van der Waals surface area contributed by atoms with Crippen LogP contribution in [0.5, 0.6) is 0 Å². The van der Waals surface area contributed by atoms with E-state index in [9.17, 15) is 4.79 Å². The van der Waals surface area contributed by atoms with Crippen molar-refractivity contribution in [3.63, 3.8) is 0 Å². The van der Waals surface area contributed by atoms with Gasteiger partial charge in [-0.15, -0.1) is 5.10 Å². The highest BCUT2D eigenvalue weighted by atomic mass is 16.1. The van der Waals surface area contributed by atoms with Crippen molar-refractivity contribution in [2.24, 2.45) is 5.73 Å². The summed E-state index contributed by atoms with van der Waals surface area (Å²) >= 11 is 0. The third kappa shape index (κ3) is 2.40. The Balaban J connectivity index is 3.04. The van der Waals surface area contributed by atoms with E-state index in [4.69, 9.17) is 11.0 Å². The maximum atomic E-state index is 10.6. The van der Waals surface area contributed by atoms with Gasteiger partial charge in [0.15, 0.2) is 5.82 Å². The van der Waals surface area contributed by atoms with E-state index in [-0.39, 0.29) is 6.54 Å². The van der Waals surface area contributed by atoms with E-state index in [2.05, 4.69) is 15.5 Å². The number of amides is 1. The largest absolute Gasteiger partial charge is 0.368 e. The minimum Gasteiger partial charge on any atom is -0.368 e. The van der Waals surface area contributed by atoms with Crippen molar-refractivity contribution in [2.45, 2.75) is 13.8 Å². The van der Waals surface area contributed by atoms with Gasteiger partial charge in [0.05, 0.1) is 12.2 Å². The summed E-state index contributed by atoms with van der Waals surface area (Å²) in [5.41, 5.74) is 6.80. The lowest BCUT2D eigenvalue weighted by atomic mass is 10.1. The fourth-order valence-corrected chi connectivity index (χ4v) is 1.04. The Morgan fingerprint density at radius 3 is 2.73 bits per heavy atom. The number of hydrogen-bond acceptors (Lipinski definition) is 5. The summed E-state index contributed by atoms with van der Waals surface area (Å²) < 4.78 is 0. The number of aryl methyl sites for hydroxylation is 1. The summed E-state index contributed by atoms with van der Waals surface area (Å²) in [6.45, 7) is 3.48. The van der Waals surface area contributed by atoms with Crippen molar-refractivity contribution in [1.82, 2.24) is 10.2 Å². The van der Waals surface area contributed by atoms with Gasteiger partial charge in [-0.1, -0.05) is 0 Å². The smallest absolute Gasteiger partial charge is 0.236 e. The molecule has 1 amide bonds. The Morgan fingerprint density at radius 2 is 2.20 bits per heavy atom. The van der Waals surface area contributed by atoms with Gasteiger partial charge in [0.25, 0.3) is 0 Å². The zero-order chi connectivity index (χ0) is 11.4. The first-order valence-electron chi connectivity index (χ1n) is 4.32. The number of aromatic nitrogens is 2. The molecule has 0 atom stereocenters. The van der Waals surface area contributed by atoms with Crippen molar-refractivity contribution in [3.8, 4) is 6.07 Å². The van der Waals surface area contributed by atoms with E-state index >= 15 is 0 Å². The predicted molar refractivity (Wildman–Crippen MR) is 53.9 cm³/mol. The van der Waals surface area contributed by atoms with Crippen LogP contribution in [0.4, 0.5) is 5.82 Å². The minimum absolute atomic E-state index is 0.0636. The number of nitriles is 1. The summed E-state index contributed by atoms with van der Waals surface area (Å²) in [6.07, 6.45) is 0. The molecule has 0 aromatic carbocycles. The number of primary amides is 1. The zero-order valence-corrected chi connectivity index (χ0v) is 8.53. The fraction of sp³-hybridized carbons (Fsp3) is 0.333. The molecule has 0 aliphatic carbocycles. The van der Waals surface area contributed by atoms with Gasteiger partial charge in [-0.2, -0.15) is 10.4 Å². The highest BCUT2D eigenvalue weighted by Gasteiger charge is 2.10. The summed E-state index contributed by atoms with van der Waals surface area (Å²) in [6, 6.07) is 2.01. The second kappa shape index (κ2) is 4.37. The number of anilines is 1. The number of carbonyl (C=O) groups is 1. The predicted octanol–water partition coefficient (Wildman–Crippen LogP) is -0.138. The van der Waals surface area contributed by atoms with Crippen LogP contribution in [0.1, 0.15) is 16.8 Å². The summed E-state index contributed by atoms with van der Waals surface area (Å²) in [4.78, 5) is 10.6. The van der Waals surface area contributed by atoms with Crippen LogP contribution in [0.25, 0.3) is 0 Å². The van der Waals surface area contributed by atoms with Crippen molar-refractivity contribution in [1.29, 1.82) is 5.26 Å². The lowest BCUT2D eigenvalue weighted by Crippen LogP contribution is -2.23. The van der Waals surface area contributed by atoms with E-state index in [1.54, 1.807) is 13.8 Å². The molecular weight excluding hydrogens is 194 g/mol. The topological polar surface area (TPSA) is 105 Å². The van der Waals surface area contributed by atoms with Crippen LogP contribution in [-0.2, 0) is 4.79 Å². The van der Waals surface area contributed by atoms with Gasteiger partial charge in [0, 0.05) is 0 Å². The normalized spacial score (nSPS) is 9.40. The van der Waals surface area contributed by atoms with Gasteiger partial charge >= 0.3 is 0 Å². The monoisotopic (exact) mass is 205 g/mol. The van der Waals surface area contributed by atoms with E-state index in [0.717, 1.165) is 5.56 Å². The molecule has 0 radical (unpaired) electrons. The molecule has 1 aromatic heterocycles. The van der Waals surface area contributed by atoms with Crippen LogP contribution < -0.4 is 11.1 Å². The lowest BCUT2D eigenvalue weighted by Gasteiger charge is -2.07. The first kappa shape index (κ1) is 10.9. The van der Waals surface area contributed by atoms with Gasteiger partial charge in [0.2, 0.25) is 5.91 Å². The molecule has 0 spiro atoms. The molecule has 0 bridgehead atoms. The summed E-state index contributed by atoms with van der Waals surface area (Å²) in [5.74, 6) is -0.224. The molecule has 0 unspecified atom stereocenters. The van der Waals surface area contributed by atoms with Crippen molar-refractivity contribution >= 4 is 11.7 Å². The van der Waals surface area contributed by atoms with E-state index < -0.39 is 5.91 Å². The Labute approximate surface area is 87.1 Å². The minimum atomic E-state index is -0.515. The first-order chi connectivity index (χ1) is 7.06. The fourth-order valence-electron chi connectivity index (χ4n) is 1.04.